The molecule has 6 nitrogen and oxygen atoms in total. The lowest BCUT2D eigenvalue weighted by Gasteiger charge is -2.08. The van der Waals surface area contributed by atoms with Crippen molar-refractivity contribution in [3.8, 4) is 16.9 Å². The summed E-state index contributed by atoms with van der Waals surface area (Å²) in [6.07, 6.45) is 1.78. The average Bonchev–Trinajstić information content (AvgIpc) is 3.31. The fourth-order valence-corrected chi connectivity index (χ4v) is 4.58. The molecule has 0 aliphatic rings. The van der Waals surface area contributed by atoms with E-state index in [1.54, 1.807) is 18.3 Å². The maximum absolute atomic E-state index is 12.7. The topological polar surface area (TPSA) is 74.3 Å². The maximum atomic E-state index is 12.7. The van der Waals surface area contributed by atoms with Gasteiger partial charge in [-0.1, -0.05) is 76.2 Å². The smallest absolute Gasteiger partial charge is 0.345 e. The summed E-state index contributed by atoms with van der Waals surface area (Å²) in [5.74, 6) is -0.275. The van der Waals surface area contributed by atoms with Crippen molar-refractivity contribution in [1.82, 2.24) is 9.55 Å². The minimum atomic E-state index is -0.469. The van der Waals surface area contributed by atoms with Crippen molar-refractivity contribution in [2.45, 2.75) is 11.8 Å². The van der Waals surface area contributed by atoms with Gasteiger partial charge in [0.1, 0.15) is 12.2 Å². The average molecular weight is 547 g/mol. The first-order valence-corrected chi connectivity index (χ1v) is 12.6. The van der Waals surface area contributed by atoms with Crippen LogP contribution >= 0.6 is 27.7 Å². The number of fused-ring (bicyclic) bond motifs is 1. The van der Waals surface area contributed by atoms with Gasteiger partial charge in [0.25, 0.3) is 0 Å². The third kappa shape index (κ3) is 5.39. The van der Waals surface area contributed by atoms with Crippen LogP contribution in [-0.2, 0) is 16.1 Å². The Morgan fingerprint density at radius 1 is 1.00 bits per heavy atom. The van der Waals surface area contributed by atoms with Gasteiger partial charge in [0, 0.05) is 21.7 Å². The number of hydrogen-bond donors (Lipinski definition) is 0. The number of carbonyl (C=O) groups is 1. The second-order valence-corrected chi connectivity index (χ2v) is 9.53. The number of thioether (sulfide) groups is 1. The van der Waals surface area contributed by atoms with Gasteiger partial charge in [-0.2, -0.15) is 0 Å². The Bertz CT molecular complexity index is 1550. The molecule has 0 N–H and O–H groups in total. The van der Waals surface area contributed by atoms with Gasteiger partial charge in [-0.15, -0.1) is 0 Å². The zero-order valence-corrected chi connectivity index (χ0v) is 20.8. The van der Waals surface area contributed by atoms with Crippen LogP contribution in [0, 0.1) is 0 Å². The van der Waals surface area contributed by atoms with Crippen LogP contribution < -0.4 is 5.63 Å². The Kier molecular flexibility index (Phi) is 6.83. The second kappa shape index (κ2) is 10.3. The zero-order chi connectivity index (χ0) is 24.2. The van der Waals surface area contributed by atoms with Crippen molar-refractivity contribution in [1.29, 1.82) is 0 Å². The molecule has 0 aliphatic heterocycles. The van der Waals surface area contributed by atoms with Crippen LogP contribution in [-0.4, -0.2) is 21.3 Å². The van der Waals surface area contributed by atoms with Gasteiger partial charge in [-0.3, -0.25) is 9.36 Å². The molecular weight excluding hydrogens is 528 g/mol. The molecule has 3 aromatic carbocycles. The molecule has 0 radical (unpaired) electrons. The molecular formula is C27H19BrN2O4S. The van der Waals surface area contributed by atoms with Gasteiger partial charge in [-0.05, 0) is 42.0 Å². The van der Waals surface area contributed by atoms with Crippen molar-refractivity contribution in [3.63, 3.8) is 0 Å². The summed E-state index contributed by atoms with van der Waals surface area (Å²) in [5.41, 5.74) is 2.64. The van der Waals surface area contributed by atoms with Gasteiger partial charge in [0.05, 0.1) is 17.0 Å². The number of ether oxygens (including phenoxy) is 1. The van der Waals surface area contributed by atoms with Crippen LogP contribution in [0.1, 0.15) is 5.56 Å². The third-order valence-corrected chi connectivity index (χ3v) is 6.71. The molecule has 2 aromatic heterocycles. The molecule has 0 atom stereocenters. The highest BCUT2D eigenvalue weighted by atomic mass is 79.9. The summed E-state index contributed by atoms with van der Waals surface area (Å²) in [5, 5.41) is 1.37. The van der Waals surface area contributed by atoms with Gasteiger partial charge in [-0.25, -0.2) is 9.78 Å². The molecule has 5 aromatic rings. The quantitative estimate of drug-likeness (QED) is 0.136. The molecule has 0 saturated heterocycles. The van der Waals surface area contributed by atoms with Gasteiger partial charge >= 0.3 is 11.6 Å². The maximum Gasteiger partial charge on any atom is 0.345 e. The molecule has 2 heterocycles. The van der Waals surface area contributed by atoms with E-state index in [0.29, 0.717) is 22.0 Å². The predicted molar refractivity (Wildman–Crippen MR) is 140 cm³/mol. The van der Waals surface area contributed by atoms with Crippen LogP contribution in [0.4, 0.5) is 0 Å². The van der Waals surface area contributed by atoms with Crippen LogP contribution in [0.25, 0.3) is 27.9 Å². The minimum absolute atomic E-state index is 0.0755. The summed E-state index contributed by atoms with van der Waals surface area (Å²) in [7, 11) is 0. The Hall–Kier alpha value is -3.62. The van der Waals surface area contributed by atoms with E-state index in [9.17, 15) is 9.59 Å². The van der Waals surface area contributed by atoms with Crippen molar-refractivity contribution < 1.29 is 13.9 Å². The number of esters is 1. The lowest BCUT2D eigenvalue weighted by atomic mass is 10.1. The first-order valence-electron chi connectivity index (χ1n) is 10.8. The number of aromatic nitrogens is 2. The standard InChI is InChI=1S/C27H19BrN2O4S/c28-20-10-12-21(13-11-20)30-15-23(22-14-19-8-4-5-9-24(19)34-26(22)32)29-27(30)35-17-25(31)33-16-18-6-2-1-3-7-18/h1-15H,16-17H2. The SMILES string of the molecule is O=C(CSc1nc(-c2cc3ccccc3oc2=O)cn1-c1ccc(Br)cc1)OCc1ccccc1. The molecule has 0 saturated carbocycles. The zero-order valence-electron chi connectivity index (χ0n) is 18.4. The highest BCUT2D eigenvalue weighted by molar-refractivity contribution is 9.10. The second-order valence-electron chi connectivity index (χ2n) is 7.68. The number of para-hydroxylation sites is 1. The molecule has 174 valence electrons. The highest BCUT2D eigenvalue weighted by Crippen LogP contribution is 2.28. The lowest BCUT2D eigenvalue weighted by Crippen LogP contribution is -2.08. The Labute approximate surface area is 213 Å². The molecule has 0 amide bonds. The van der Waals surface area contributed by atoms with Gasteiger partial charge in [0.15, 0.2) is 5.16 Å². The van der Waals surface area contributed by atoms with E-state index in [1.807, 2.05) is 77.4 Å². The Morgan fingerprint density at radius 3 is 2.54 bits per heavy atom. The molecule has 0 spiro atoms. The van der Waals surface area contributed by atoms with E-state index in [4.69, 9.17) is 9.15 Å². The lowest BCUT2D eigenvalue weighted by molar-refractivity contribution is -0.141. The van der Waals surface area contributed by atoms with Gasteiger partial charge in [0.2, 0.25) is 0 Å². The summed E-state index contributed by atoms with van der Waals surface area (Å²) in [4.78, 5) is 29.8. The van der Waals surface area contributed by atoms with E-state index in [2.05, 4.69) is 20.9 Å². The van der Waals surface area contributed by atoms with Crippen molar-refractivity contribution >= 4 is 44.6 Å². The summed E-state index contributed by atoms with van der Waals surface area (Å²) in [6, 6.07) is 26.3. The van der Waals surface area contributed by atoms with Crippen LogP contribution in [0.5, 0.6) is 0 Å². The van der Waals surface area contributed by atoms with E-state index in [0.717, 1.165) is 21.1 Å². The van der Waals surface area contributed by atoms with Crippen LogP contribution in [0.15, 0.2) is 110 Å². The van der Waals surface area contributed by atoms with E-state index >= 15 is 0 Å². The van der Waals surface area contributed by atoms with Gasteiger partial charge < -0.3 is 9.15 Å². The Balaban J connectivity index is 1.43. The third-order valence-electron chi connectivity index (χ3n) is 5.26. The molecule has 0 aliphatic carbocycles. The highest BCUT2D eigenvalue weighted by Gasteiger charge is 2.17. The number of imidazole rings is 1. The number of nitrogens with zero attached hydrogens (tertiary/aromatic N) is 2. The van der Waals surface area contributed by atoms with Crippen molar-refractivity contribution in [2.24, 2.45) is 0 Å². The number of benzene rings is 3. The fourth-order valence-electron chi connectivity index (χ4n) is 3.53. The monoisotopic (exact) mass is 546 g/mol. The van der Waals surface area contributed by atoms with E-state index in [-0.39, 0.29) is 18.3 Å². The van der Waals surface area contributed by atoms with Crippen LogP contribution in [0.3, 0.4) is 0 Å². The molecule has 35 heavy (non-hydrogen) atoms. The molecule has 5 rings (SSSR count). The Morgan fingerprint density at radius 2 is 1.74 bits per heavy atom. The first kappa shape index (κ1) is 23.1. The molecule has 0 fully saturated rings. The number of hydrogen-bond acceptors (Lipinski definition) is 6. The molecule has 8 heteroatoms. The predicted octanol–water partition coefficient (Wildman–Crippen LogP) is 6.24. The first-order chi connectivity index (χ1) is 17.1. The number of halogens is 1. The van der Waals surface area contributed by atoms with Crippen LogP contribution in [0.2, 0.25) is 0 Å². The summed E-state index contributed by atoms with van der Waals surface area (Å²) < 4.78 is 13.7. The normalized spacial score (nSPS) is 11.0. The number of rotatable bonds is 7. The summed E-state index contributed by atoms with van der Waals surface area (Å²) >= 11 is 4.70. The van der Waals surface area contributed by atoms with Crippen molar-refractivity contribution in [2.75, 3.05) is 5.75 Å². The molecule has 0 bridgehead atoms. The van der Waals surface area contributed by atoms with E-state index < -0.39 is 5.63 Å². The molecule has 0 unspecified atom stereocenters. The minimum Gasteiger partial charge on any atom is -0.460 e. The number of carbonyl (C=O) groups excluding carboxylic acids is 1. The van der Waals surface area contributed by atoms with E-state index in [1.165, 1.54) is 11.8 Å². The van der Waals surface area contributed by atoms with Crippen molar-refractivity contribution in [3.05, 3.63) is 112 Å². The largest absolute Gasteiger partial charge is 0.460 e. The summed E-state index contributed by atoms with van der Waals surface area (Å²) in [6.45, 7) is 0.213. The fraction of sp³-hybridized carbons (Fsp3) is 0.0741.